The molecule has 1 aromatic heterocycles. The topological polar surface area (TPSA) is 48.1 Å². The van der Waals surface area contributed by atoms with Crippen LogP contribution in [0.5, 0.6) is 5.75 Å². The van der Waals surface area contributed by atoms with E-state index >= 15 is 0 Å². The maximum absolute atomic E-state index is 5.57. The quantitative estimate of drug-likeness (QED) is 0.729. The van der Waals surface area contributed by atoms with Crippen molar-refractivity contribution >= 4 is 26.7 Å². The lowest BCUT2D eigenvalue weighted by Crippen LogP contribution is -1.81. The predicted molar refractivity (Wildman–Crippen MR) is 50.6 cm³/mol. The molecule has 0 unspecified atom stereocenters. The second-order valence-electron chi connectivity index (χ2n) is 2.36. The highest BCUT2D eigenvalue weighted by atomic mass is 32.1. The Bertz CT molecular complexity index is 410. The zero-order valence-electron chi connectivity index (χ0n) is 6.57. The van der Waals surface area contributed by atoms with Gasteiger partial charge in [-0.05, 0) is 12.1 Å². The molecule has 12 heavy (non-hydrogen) atoms. The second-order valence-corrected chi connectivity index (χ2v) is 3.39. The molecule has 0 fully saturated rings. The second kappa shape index (κ2) is 2.64. The Labute approximate surface area is 73.8 Å². The molecule has 0 aliphatic carbocycles. The van der Waals surface area contributed by atoms with Crippen LogP contribution in [-0.2, 0) is 0 Å². The molecule has 0 radical (unpaired) electrons. The number of thiazole rings is 1. The van der Waals surface area contributed by atoms with E-state index in [2.05, 4.69) is 4.98 Å². The van der Waals surface area contributed by atoms with Gasteiger partial charge in [0.15, 0.2) is 5.13 Å². The van der Waals surface area contributed by atoms with E-state index < -0.39 is 0 Å². The molecule has 62 valence electrons. The van der Waals surface area contributed by atoms with Crippen molar-refractivity contribution in [1.82, 2.24) is 4.98 Å². The summed E-state index contributed by atoms with van der Waals surface area (Å²) in [6.07, 6.45) is 0. The molecule has 2 rings (SSSR count). The number of hydrogen-bond acceptors (Lipinski definition) is 4. The molecule has 4 heteroatoms. The highest BCUT2D eigenvalue weighted by Crippen LogP contribution is 2.31. The van der Waals surface area contributed by atoms with Gasteiger partial charge in [0.05, 0.1) is 17.3 Å². The van der Waals surface area contributed by atoms with Crippen molar-refractivity contribution in [3.63, 3.8) is 0 Å². The zero-order valence-corrected chi connectivity index (χ0v) is 7.39. The van der Waals surface area contributed by atoms with Gasteiger partial charge in [-0.1, -0.05) is 17.4 Å². The number of aromatic nitrogens is 1. The Hall–Kier alpha value is -1.29. The molecule has 2 N–H and O–H groups in total. The van der Waals surface area contributed by atoms with Crippen LogP contribution in [0.4, 0.5) is 5.13 Å². The van der Waals surface area contributed by atoms with Crippen molar-refractivity contribution in [3.05, 3.63) is 18.2 Å². The van der Waals surface area contributed by atoms with E-state index in [9.17, 15) is 0 Å². The van der Waals surface area contributed by atoms with Crippen molar-refractivity contribution in [2.24, 2.45) is 0 Å². The van der Waals surface area contributed by atoms with Crippen molar-refractivity contribution in [2.75, 3.05) is 12.8 Å². The Morgan fingerprint density at radius 2 is 2.33 bits per heavy atom. The highest BCUT2D eigenvalue weighted by Gasteiger charge is 2.04. The first kappa shape index (κ1) is 7.36. The van der Waals surface area contributed by atoms with Gasteiger partial charge in [0, 0.05) is 0 Å². The molecular formula is C8H8N2OS. The lowest BCUT2D eigenvalue weighted by Gasteiger charge is -1.97. The van der Waals surface area contributed by atoms with Crippen molar-refractivity contribution in [2.45, 2.75) is 0 Å². The SMILES string of the molecule is COc1cccc2nc(N)sc12. The number of nitrogens with two attached hydrogens (primary N) is 1. The van der Waals surface area contributed by atoms with Crippen LogP contribution in [0.15, 0.2) is 18.2 Å². The zero-order chi connectivity index (χ0) is 8.55. The Kier molecular flexibility index (Phi) is 1.62. The summed E-state index contributed by atoms with van der Waals surface area (Å²) in [5.74, 6) is 0.835. The molecule has 0 saturated carbocycles. The van der Waals surface area contributed by atoms with Gasteiger partial charge in [-0.15, -0.1) is 0 Å². The smallest absolute Gasteiger partial charge is 0.181 e. The first-order valence-corrected chi connectivity index (χ1v) is 4.32. The number of rotatable bonds is 1. The van der Waals surface area contributed by atoms with Crippen LogP contribution in [0.2, 0.25) is 0 Å². The van der Waals surface area contributed by atoms with E-state index in [4.69, 9.17) is 10.5 Å². The van der Waals surface area contributed by atoms with Crippen LogP contribution in [-0.4, -0.2) is 12.1 Å². The molecule has 0 bridgehead atoms. The van der Waals surface area contributed by atoms with Crippen LogP contribution < -0.4 is 10.5 Å². The summed E-state index contributed by atoms with van der Waals surface area (Å²) in [6, 6.07) is 5.73. The number of ether oxygens (including phenoxy) is 1. The molecule has 1 aromatic carbocycles. The Morgan fingerprint density at radius 1 is 1.50 bits per heavy atom. The monoisotopic (exact) mass is 180 g/mol. The van der Waals surface area contributed by atoms with Crippen molar-refractivity contribution < 1.29 is 4.74 Å². The number of nitrogens with zero attached hydrogens (tertiary/aromatic N) is 1. The van der Waals surface area contributed by atoms with Gasteiger partial charge in [0.25, 0.3) is 0 Å². The summed E-state index contributed by atoms with van der Waals surface area (Å²) in [5.41, 5.74) is 6.47. The molecule has 0 spiro atoms. The van der Waals surface area contributed by atoms with Gasteiger partial charge in [0.2, 0.25) is 0 Å². The molecule has 3 nitrogen and oxygen atoms in total. The Morgan fingerprint density at radius 3 is 3.08 bits per heavy atom. The fourth-order valence-corrected chi connectivity index (χ4v) is 1.93. The van der Waals surface area contributed by atoms with Gasteiger partial charge < -0.3 is 10.5 Å². The van der Waals surface area contributed by atoms with Gasteiger partial charge in [0.1, 0.15) is 5.75 Å². The summed E-state index contributed by atoms with van der Waals surface area (Å²) in [7, 11) is 1.64. The van der Waals surface area contributed by atoms with E-state index in [0.29, 0.717) is 5.13 Å². The van der Waals surface area contributed by atoms with E-state index in [-0.39, 0.29) is 0 Å². The van der Waals surface area contributed by atoms with E-state index in [1.807, 2.05) is 18.2 Å². The minimum atomic E-state index is 0.578. The maximum Gasteiger partial charge on any atom is 0.181 e. The number of fused-ring (bicyclic) bond motifs is 1. The fraction of sp³-hybridized carbons (Fsp3) is 0.125. The standard InChI is InChI=1S/C8H8N2OS/c1-11-6-4-2-3-5-7(6)12-8(9)10-5/h2-4H,1H3,(H2,9,10). The summed E-state index contributed by atoms with van der Waals surface area (Å²) >= 11 is 1.44. The number of methoxy groups -OCH3 is 1. The molecule has 0 aliphatic rings. The maximum atomic E-state index is 5.57. The van der Waals surface area contributed by atoms with Gasteiger partial charge in [-0.2, -0.15) is 0 Å². The summed E-state index contributed by atoms with van der Waals surface area (Å²) < 4.78 is 6.17. The fourth-order valence-electron chi connectivity index (χ4n) is 1.10. The van der Waals surface area contributed by atoms with Crippen LogP contribution in [0, 0.1) is 0 Å². The summed E-state index contributed by atoms with van der Waals surface area (Å²) in [4.78, 5) is 4.14. The summed E-state index contributed by atoms with van der Waals surface area (Å²) in [6.45, 7) is 0. The highest BCUT2D eigenvalue weighted by molar-refractivity contribution is 7.22. The van der Waals surface area contributed by atoms with Gasteiger partial charge in [-0.25, -0.2) is 4.98 Å². The molecule has 2 aromatic rings. The van der Waals surface area contributed by atoms with Gasteiger partial charge >= 0.3 is 0 Å². The third kappa shape index (κ3) is 1.00. The lowest BCUT2D eigenvalue weighted by molar-refractivity contribution is 0.420. The van der Waals surface area contributed by atoms with Gasteiger partial charge in [-0.3, -0.25) is 0 Å². The van der Waals surface area contributed by atoms with Crippen LogP contribution >= 0.6 is 11.3 Å². The molecule has 1 heterocycles. The largest absolute Gasteiger partial charge is 0.495 e. The third-order valence-corrected chi connectivity index (χ3v) is 2.53. The first-order valence-electron chi connectivity index (χ1n) is 3.50. The number of anilines is 1. The lowest BCUT2D eigenvalue weighted by atomic mass is 10.3. The number of nitrogen functional groups attached to an aromatic ring is 1. The summed E-state index contributed by atoms with van der Waals surface area (Å²) in [5, 5.41) is 0.578. The predicted octanol–water partition coefficient (Wildman–Crippen LogP) is 1.89. The van der Waals surface area contributed by atoms with Crippen molar-refractivity contribution in [1.29, 1.82) is 0 Å². The average molecular weight is 180 g/mol. The molecule has 0 atom stereocenters. The van der Waals surface area contributed by atoms with Crippen molar-refractivity contribution in [3.8, 4) is 5.75 Å². The molecule has 0 saturated heterocycles. The number of hydrogen-bond donors (Lipinski definition) is 1. The third-order valence-electron chi connectivity index (χ3n) is 1.62. The number of benzene rings is 1. The van der Waals surface area contributed by atoms with E-state index in [1.165, 1.54) is 11.3 Å². The minimum absolute atomic E-state index is 0.578. The van der Waals surface area contributed by atoms with Crippen LogP contribution in [0.1, 0.15) is 0 Å². The Balaban J connectivity index is 2.78. The van der Waals surface area contributed by atoms with E-state index in [1.54, 1.807) is 7.11 Å². The first-order chi connectivity index (χ1) is 5.81. The molecule has 0 aliphatic heterocycles. The molecular weight excluding hydrogens is 172 g/mol. The minimum Gasteiger partial charge on any atom is -0.495 e. The van der Waals surface area contributed by atoms with Crippen LogP contribution in [0.25, 0.3) is 10.2 Å². The average Bonchev–Trinajstić information content (AvgIpc) is 2.44. The normalized spacial score (nSPS) is 10.4. The van der Waals surface area contributed by atoms with E-state index in [0.717, 1.165) is 16.0 Å². The molecule has 0 amide bonds. The van der Waals surface area contributed by atoms with Crippen LogP contribution in [0.3, 0.4) is 0 Å².